The van der Waals surface area contributed by atoms with Gasteiger partial charge in [0.15, 0.2) is 5.11 Å². The van der Waals surface area contributed by atoms with Gasteiger partial charge in [-0.25, -0.2) is 0 Å². The predicted molar refractivity (Wildman–Crippen MR) is 118 cm³/mol. The van der Waals surface area contributed by atoms with Crippen molar-refractivity contribution in [2.75, 3.05) is 5.32 Å². The van der Waals surface area contributed by atoms with Crippen LogP contribution in [-0.4, -0.2) is 39.7 Å². The molecule has 0 saturated carbocycles. The van der Waals surface area contributed by atoms with Crippen molar-refractivity contribution in [3.8, 4) is 0 Å². The van der Waals surface area contributed by atoms with Crippen LogP contribution in [0.15, 0.2) is 42.5 Å². The molecule has 1 saturated heterocycles. The lowest BCUT2D eigenvalue weighted by molar-refractivity contribution is -0.136. The monoisotopic (exact) mass is 456 g/mol. The number of nitrogens with one attached hydrogen (secondary N) is 3. The Morgan fingerprint density at radius 2 is 1.77 bits per heavy atom. The van der Waals surface area contributed by atoms with Crippen LogP contribution in [0, 0.1) is 0 Å². The molecule has 4 amide bonds. The van der Waals surface area contributed by atoms with Gasteiger partial charge in [0.25, 0.3) is 11.8 Å². The first-order valence-corrected chi connectivity index (χ1v) is 10.3. The van der Waals surface area contributed by atoms with Crippen molar-refractivity contribution in [3.63, 3.8) is 0 Å². The third-order valence-corrected chi connectivity index (χ3v) is 5.56. The van der Waals surface area contributed by atoms with Crippen molar-refractivity contribution in [3.05, 3.63) is 64.2 Å². The van der Waals surface area contributed by atoms with Crippen LogP contribution >= 0.6 is 23.8 Å². The fourth-order valence-electron chi connectivity index (χ4n) is 3.52. The summed E-state index contributed by atoms with van der Waals surface area (Å²) in [6.45, 7) is 0.326. The van der Waals surface area contributed by atoms with Crippen LogP contribution in [0.5, 0.6) is 0 Å². The number of carbonyl (C=O) groups excluding carboxylic acids is 4. The van der Waals surface area contributed by atoms with Gasteiger partial charge in [0.2, 0.25) is 11.8 Å². The lowest BCUT2D eigenvalue weighted by Crippen LogP contribution is -2.54. The summed E-state index contributed by atoms with van der Waals surface area (Å²) < 4.78 is 0. The lowest BCUT2D eigenvalue weighted by atomic mass is 10.0. The molecule has 8 nitrogen and oxygen atoms in total. The molecule has 2 aliphatic rings. The summed E-state index contributed by atoms with van der Waals surface area (Å²) in [7, 11) is 0. The molecule has 2 aromatic carbocycles. The number of carbonyl (C=O) groups is 4. The van der Waals surface area contributed by atoms with E-state index in [2.05, 4.69) is 16.0 Å². The zero-order chi connectivity index (χ0) is 22.1. The number of thiocarbonyl (C=S) groups is 1. The second-order valence-corrected chi connectivity index (χ2v) is 7.99. The number of halogens is 1. The first kappa shape index (κ1) is 21.0. The quantitative estimate of drug-likeness (QED) is 0.478. The smallest absolute Gasteiger partial charge is 0.262 e. The Morgan fingerprint density at radius 1 is 1.06 bits per heavy atom. The highest BCUT2D eigenvalue weighted by Gasteiger charge is 2.44. The van der Waals surface area contributed by atoms with Gasteiger partial charge in [-0.05, 0) is 60.6 Å². The minimum Gasteiger partial charge on any atom is -0.358 e. The van der Waals surface area contributed by atoms with Gasteiger partial charge in [-0.3, -0.25) is 29.4 Å². The highest BCUT2D eigenvalue weighted by atomic mass is 35.5. The summed E-state index contributed by atoms with van der Waals surface area (Å²) in [6.07, 6.45) is 0.201. The number of nitrogens with zero attached hydrogens (tertiary/aromatic N) is 1. The van der Waals surface area contributed by atoms with E-state index in [4.69, 9.17) is 23.8 Å². The number of imide groups is 2. The molecule has 2 aromatic rings. The van der Waals surface area contributed by atoms with Crippen molar-refractivity contribution in [1.82, 2.24) is 15.5 Å². The maximum Gasteiger partial charge on any atom is 0.262 e. The molecule has 4 rings (SSSR count). The third-order valence-electron chi connectivity index (χ3n) is 5.06. The zero-order valence-corrected chi connectivity index (χ0v) is 17.7. The van der Waals surface area contributed by atoms with Crippen LogP contribution in [0.1, 0.15) is 39.1 Å². The molecular weight excluding hydrogens is 440 g/mol. The molecule has 1 atom stereocenters. The van der Waals surface area contributed by atoms with Crippen molar-refractivity contribution in [2.24, 2.45) is 0 Å². The average Bonchev–Trinajstić information content (AvgIpc) is 2.98. The largest absolute Gasteiger partial charge is 0.358 e. The summed E-state index contributed by atoms with van der Waals surface area (Å²) in [4.78, 5) is 50.0. The topological polar surface area (TPSA) is 108 Å². The van der Waals surface area contributed by atoms with E-state index in [9.17, 15) is 19.2 Å². The van der Waals surface area contributed by atoms with E-state index in [1.54, 1.807) is 42.5 Å². The summed E-state index contributed by atoms with van der Waals surface area (Å²) in [6, 6.07) is 11.0. The Labute approximate surface area is 187 Å². The molecule has 2 aliphatic heterocycles. The highest BCUT2D eigenvalue weighted by Crippen LogP contribution is 2.28. The molecule has 10 heteroatoms. The molecule has 0 spiro atoms. The Kier molecular flexibility index (Phi) is 5.71. The molecule has 1 fully saturated rings. The van der Waals surface area contributed by atoms with E-state index in [-0.39, 0.29) is 24.0 Å². The molecule has 2 heterocycles. The van der Waals surface area contributed by atoms with Gasteiger partial charge in [0, 0.05) is 23.7 Å². The second kappa shape index (κ2) is 8.44. The van der Waals surface area contributed by atoms with E-state index in [0.29, 0.717) is 16.7 Å². The number of anilines is 1. The minimum absolute atomic E-state index is 0.0804. The normalized spacial score (nSPS) is 18.0. The van der Waals surface area contributed by atoms with Gasteiger partial charge < -0.3 is 10.6 Å². The van der Waals surface area contributed by atoms with E-state index < -0.39 is 29.7 Å². The average molecular weight is 457 g/mol. The van der Waals surface area contributed by atoms with Crippen molar-refractivity contribution >= 4 is 58.2 Å². The molecule has 3 N–H and O–H groups in total. The van der Waals surface area contributed by atoms with Crippen molar-refractivity contribution < 1.29 is 19.2 Å². The van der Waals surface area contributed by atoms with Gasteiger partial charge in [-0.15, -0.1) is 0 Å². The Bertz CT molecular complexity index is 1120. The molecular formula is C21H17ClN4O4S. The zero-order valence-electron chi connectivity index (χ0n) is 16.1. The van der Waals surface area contributed by atoms with Crippen LogP contribution in [0.4, 0.5) is 5.69 Å². The first-order valence-electron chi connectivity index (χ1n) is 9.48. The van der Waals surface area contributed by atoms with Gasteiger partial charge in [-0.2, -0.15) is 0 Å². The van der Waals surface area contributed by atoms with Gasteiger partial charge in [0.05, 0.1) is 11.1 Å². The molecule has 1 unspecified atom stereocenters. The fraction of sp³-hybridized carbons (Fsp3) is 0.190. The number of fused-ring (bicyclic) bond motifs is 1. The number of piperidine rings is 1. The fourth-order valence-corrected chi connectivity index (χ4v) is 3.83. The molecule has 0 bridgehead atoms. The maximum atomic E-state index is 12.9. The minimum atomic E-state index is -0.983. The molecule has 0 aromatic heterocycles. The Balaban J connectivity index is 1.43. The number of hydrogen-bond acceptors (Lipinski definition) is 5. The van der Waals surface area contributed by atoms with E-state index in [1.165, 1.54) is 0 Å². The number of benzene rings is 2. The molecule has 0 aliphatic carbocycles. The first-order chi connectivity index (χ1) is 14.8. The number of amides is 4. The van der Waals surface area contributed by atoms with E-state index in [0.717, 1.165) is 16.2 Å². The van der Waals surface area contributed by atoms with Crippen LogP contribution in [0.3, 0.4) is 0 Å². The van der Waals surface area contributed by atoms with Gasteiger partial charge >= 0.3 is 0 Å². The van der Waals surface area contributed by atoms with Crippen LogP contribution < -0.4 is 16.0 Å². The molecule has 0 radical (unpaired) electrons. The van der Waals surface area contributed by atoms with Gasteiger partial charge in [-0.1, -0.05) is 17.7 Å². The van der Waals surface area contributed by atoms with Gasteiger partial charge in [0.1, 0.15) is 6.04 Å². The summed E-state index contributed by atoms with van der Waals surface area (Å²) in [5.74, 6) is -2.12. The SMILES string of the molecule is O=C1CCC(N2C(=O)c3ccc(CNC(=S)Nc4ccc(Cl)cc4)cc3C2=O)C(=O)N1. The highest BCUT2D eigenvalue weighted by molar-refractivity contribution is 7.80. The Morgan fingerprint density at radius 3 is 2.48 bits per heavy atom. The van der Waals surface area contributed by atoms with E-state index in [1.807, 2.05) is 0 Å². The Hall–Kier alpha value is -3.30. The maximum absolute atomic E-state index is 12.9. The third kappa shape index (κ3) is 4.28. The van der Waals surface area contributed by atoms with Crippen LogP contribution in [0.25, 0.3) is 0 Å². The predicted octanol–water partition coefficient (Wildman–Crippen LogP) is 2.23. The summed E-state index contributed by atoms with van der Waals surface area (Å²) >= 11 is 11.1. The number of rotatable bonds is 4. The van der Waals surface area contributed by atoms with E-state index >= 15 is 0 Å². The van der Waals surface area contributed by atoms with Crippen molar-refractivity contribution in [1.29, 1.82) is 0 Å². The molecule has 158 valence electrons. The second-order valence-electron chi connectivity index (χ2n) is 7.14. The van der Waals surface area contributed by atoms with Crippen LogP contribution in [0.2, 0.25) is 5.02 Å². The lowest BCUT2D eigenvalue weighted by Gasteiger charge is -2.27. The summed E-state index contributed by atoms with van der Waals surface area (Å²) in [5, 5.41) is 9.25. The number of hydrogen-bond donors (Lipinski definition) is 3. The standard InChI is InChI=1S/C21H17ClN4O4S/c22-12-2-4-13(5-3-12)24-21(31)23-10-11-1-6-14-15(9-11)20(30)26(19(14)29)16-7-8-17(27)25-18(16)28/h1-6,9,16H,7-8,10H2,(H2,23,24,31)(H,25,27,28). The molecule has 31 heavy (non-hydrogen) atoms. The van der Waals surface area contributed by atoms with Crippen LogP contribution in [-0.2, 0) is 16.1 Å². The van der Waals surface area contributed by atoms with Crippen molar-refractivity contribution in [2.45, 2.75) is 25.4 Å². The summed E-state index contributed by atoms with van der Waals surface area (Å²) in [5.41, 5.74) is 1.98.